The van der Waals surface area contributed by atoms with Crippen LogP contribution in [0.25, 0.3) is 0 Å². The quantitative estimate of drug-likeness (QED) is 0.236. The Labute approximate surface area is 280 Å². The Hall–Kier alpha value is 1.99. The van der Waals surface area contributed by atoms with Gasteiger partial charge in [0.1, 0.15) is 11.5 Å². The zero-order chi connectivity index (χ0) is 26.5. The standard InChI is InChI=1S/2C7H9ClO7P2.3Cd/c2*8-5-3-1-2-4-6(5)15-17(13,14)7(9)16(10,11)12;;;/h2*1-4,7,9H,(H,13,14)(H2,10,11,12);;;/q;;3*+2/p-6. The van der Waals surface area contributed by atoms with E-state index in [0.29, 0.717) is 0 Å². The molecule has 0 aliphatic heterocycles. The van der Waals surface area contributed by atoms with Crippen molar-refractivity contribution in [1.29, 1.82) is 0 Å². The molecule has 0 aliphatic rings. The van der Waals surface area contributed by atoms with Crippen molar-refractivity contribution in [3.05, 3.63) is 58.6 Å². The summed E-state index contributed by atoms with van der Waals surface area (Å²) in [6, 6.07) is 10.6. The van der Waals surface area contributed by atoms with E-state index in [-0.39, 0.29) is 103 Å². The van der Waals surface area contributed by atoms with Gasteiger partial charge in [-0.25, -0.2) is 0 Å². The maximum Gasteiger partial charge on any atom is 2.00 e. The van der Waals surface area contributed by atoms with Crippen LogP contribution in [0.5, 0.6) is 11.5 Å². The fourth-order valence-electron chi connectivity index (χ4n) is 1.75. The second-order valence-corrected chi connectivity index (χ2v) is 14.2. The summed E-state index contributed by atoms with van der Waals surface area (Å²) in [7, 11) is -22.1. The largest absolute Gasteiger partial charge is 2.00 e. The summed E-state index contributed by atoms with van der Waals surface area (Å²) in [5, 5.41) is 17.4. The van der Waals surface area contributed by atoms with Crippen molar-refractivity contribution in [3.63, 3.8) is 0 Å². The fraction of sp³-hybridized carbons (Fsp3) is 0.143. The van der Waals surface area contributed by atoms with Crippen molar-refractivity contribution in [1.82, 2.24) is 0 Å². The van der Waals surface area contributed by atoms with Crippen molar-refractivity contribution in [2.24, 2.45) is 0 Å². The van der Waals surface area contributed by atoms with Crippen molar-refractivity contribution in [2.75, 3.05) is 0 Å². The maximum atomic E-state index is 11.2. The Balaban J connectivity index is -0.000000578. The molecule has 2 aromatic carbocycles. The molecule has 2 rings (SSSR count). The van der Waals surface area contributed by atoms with Crippen LogP contribution in [0.1, 0.15) is 0 Å². The molecule has 4 unspecified atom stereocenters. The molecule has 14 nitrogen and oxygen atoms in total. The zero-order valence-corrected chi connectivity index (χ0v) is 35.4. The van der Waals surface area contributed by atoms with Gasteiger partial charge < -0.3 is 57.8 Å². The van der Waals surface area contributed by atoms with Gasteiger partial charge in [-0.2, -0.15) is 0 Å². The number of aliphatic hydroxyl groups excluding tert-OH is 2. The van der Waals surface area contributed by atoms with Crippen LogP contribution in [0.3, 0.4) is 0 Å². The van der Waals surface area contributed by atoms with E-state index >= 15 is 0 Å². The van der Waals surface area contributed by atoms with Crippen LogP contribution in [0.4, 0.5) is 0 Å². The molecule has 23 heteroatoms. The Kier molecular flexibility index (Phi) is 20.9. The van der Waals surface area contributed by atoms with Crippen LogP contribution in [0.15, 0.2) is 48.5 Å². The van der Waals surface area contributed by atoms with Crippen LogP contribution in [-0.2, 0) is 100 Å². The minimum atomic E-state index is -5.72. The van der Waals surface area contributed by atoms with E-state index in [4.69, 9.17) is 33.4 Å². The minimum Gasteiger partial charge on any atom is -0.809 e. The van der Waals surface area contributed by atoms with Crippen LogP contribution in [0, 0.1) is 0 Å². The molecule has 0 bridgehead atoms. The summed E-state index contributed by atoms with van der Waals surface area (Å²) in [6.45, 7) is 0. The van der Waals surface area contributed by atoms with Gasteiger partial charge in [0.15, 0.2) is 11.2 Å². The molecule has 37 heavy (non-hydrogen) atoms. The van der Waals surface area contributed by atoms with E-state index in [1.54, 1.807) is 0 Å². The number of halogens is 2. The van der Waals surface area contributed by atoms with E-state index in [1.165, 1.54) is 36.4 Å². The molecule has 192 valence electrons. The number of hydrogen-bond acceptors (Lipinski definition) is 14. The van der Waals surface area contributed by atoms with Crippen molar-refractivity contribution in [2.45, 2.75) is 11.2 Å². The molecule has 4 atom stereocenters. The third kappa shape index (κ3) is 14.6. The van der Waals surface area contributed by atoms with E-state index in [2.05, 4.69) is 9.05 Å². The smallest absolute Gasteiger partial charge is 0.809 e. The molecule has 0 saturated carbocycles. The van der Waals surface area contributed by atoms with Gasteiger partial charge in [0.2, 0.25) is 15.2 Å². The second kappa shape index (κ2) is 17.8. The van der Waals surface area contributed by atoms with Crippen molar-refractivity contribution < 1.29 is 149 Å². The van der Waals surface area contributed by atoms with Crippen molar-refractivity contribution in [3.8, 4) is 11.5 Å². The summed E-state index contributed by atoms with van der Waals surface area (Å²) < 4.78 is 51.8. The number of aliphatic hydroxyl groups is 2. The second-order valence-electron chi connectivity index (χ2n) is 5.90. The third-order valence-corrected chi connectivity index (χ3v) is 10.4. The Morgan fingerprint density at radius 1 is 0.595 bits per heavy atom. The Morgan fingerprint density at radius 2 is 0.838 bits per heavy atom. The minimum absolute atomic E-state index is 0. The molecule has 0 saturated heterocycles. The van der Waals surface area contributed by atoms with Crippen LogP contribution in [0.2, 0.25) is 10.0 Å². The average Bonchev–Trinajstić information content (AvgIpc) is 2.69. The van der Waals surface area contributed by atoms with Gasteiger partial charge in [0.05, 0.1) is 10.0 Å². The molecule has 0 radical (unpaired) electrons. The van der Waals surface area contributed by atoms with Gasteiger partial charge in [0, 0.05) is 0 Å². The first-order valence-electron chi connectivity index (χ1n) is 8.18. The molecule has 2 aromatic rings. The zero-order valence-electron chi connectivity index (χ0n) is 18.2. The predicted octanol–water partition coefficient (Wildman–Crippen LogP) is -1.08. The van der Waals surface area contributed by atoms with Gasteiger partial charge >= 0.3 is 81.9 Å². The number of hydrogen-bond donors (Lipinski definition) is 2. The Morgan fingerprint density at radius 3 is 1.05 bits per heavy atom. The molecule has 0 amide bonds. The molecule has 2 N–H and O–H groups in total. The van der Waals surface area contributed by atoms with E-state index < -0.39 is 41.6 Å². The van der Waals surface area contributed by atoms with Gasteiger partial charge in [-0.1, -0.05) is 47.5 Å². The fourth-order valence-corrected chi connectivity index (χ4v) is 6.32. The molecule has 0 fully saturated rings. The number of para-hydroxylation sites is 2. The van der Waals surface area contributed by atoms with Gasteiger partial charge in [-0.3, -0.25) is 9.13 Å². The molecule has 0 aromatic heterocycles. The maximum absolute atomic E-state index is 11.2. The van der Waals surface area contributed by atoms with Crippen LogP contribution < -0.4 is 38.4 Å². The monoisotopic (exact) mass is 940 g/mol. The molecular weight excluding hydrogens is 924 g/mol. The first-order valence-corrected chi connectivity index (χ1v) is 15.4. The molecule has 0 heterocycles. The summed E-state index contributed by atoms with van der Waals surface area (Å²) >= 11 is 11.1. The molecule has 0 spiro atoms. The summed E-state index contributed by atoms with van der Waals surface area (Å²) in [4.78, 5) is 64.0. The third-order valence-electron chi connectivity index (χ3n) is 3.26. The predicted molar refractivity (Wildman–Crippen MR) is 107 cm³/mol. The summed E-state index contributed by atoms with van der Waals surface area (Å²) in [5.41, 5.74) is -6.29. The van der Waals surface area contributed by atoms with Crippen LogP contribution in [-0.4, -0.2) is 21.4 Å². The normalized spacial score (nSPS) is 15.8. The first kappa shape index (κ1) is 43.4. The SMILES string of the molecule is O=P([O-])([O-])C(O)P(=O)([O-])Oc1ccccc1Cl.O=P([O-])([O-])C(O)P(=O)([O-])Oc1ccccc1Cl.[Cd+2].[Cd+2].[Cd+2]. The summed E-state index contributed by atoms with van der Waals surface area (Å²) in [6.07, 6.45) is 0. The first-order chi connectivity index (χ1) is 15.3. The van der Waals surface area contributed by atoms with Gasteiger partial charge in [0.25, 0.3) is 0 Å². The number of rotatable bonds is 8. The molecular formula is C14H12Cd3Cl2O14P4. The van der Waals surface area contributed by atoms with E-state index in [0.717, 1.165) is 12.1 Å². The van der Waals surface area contributed by atoms with Crippen molar-refractivity contribution >= 4 is 53.6 Å². The topological polar surface area (TPSA) is 266 Å². The van der Waals surface area contributed by atoms with Gasteiger partial charge in [-0.05, 0) is 39.5 Å². The average molecular weight is 936 g/mol. The van der Waals surface area contributed by atoms with E-state index in [1.807, 2.05) is 0 Å². The van der Waals surface area contributed by atoms with Gasteiger partial charge in [-0.15, -0.1) is 0 Å². The van der Waals surface area contributed by atoms with Crippen LogP contribution >= 0.6 is 53.6 Å². The number of benzene rings is 2. The Bertz CT molecular complexity index is 1100. The molecule has 0 aliphatic carbocycles. The summed E-state index contributed by atoms with van der Waals surface area (Å²) in [5.74, 6) is -0.750. The van der Waals surface area contributed by atoms with E-state index in [9.17, 15) is 47.6 Å².